The fourth-order valence-electron chi connectivity index (χ4n) is 3.22. The number of benzene rings is 1. The van der Waals surface area contributed by atoms with Crippen LogP contribution in [0.1, 0.15) is 52.1 Å². The number of hydrogen-bond donors (Lipinski definition) is 0. The van der Waals surface area contributed by atoms with Gasteiger partial charge in [-0.15, -0.1) is 0 Å². The molecule has 0 fully saturated rings. The van der Waals surface area contributed by atoms with Crippen molar-refractivity contribution in [1.29, 1.82) is 0 Å². The summed E-state index contributed by atoms with van der Waals surface area (Å²) < 4.78 is 64.0. The molecule has 0 radical (unpaired) electrons. The summed E-state index contributed by atoms with van der Waals surface area (Å²) in [7, 11) is 2.07. The van der Waals surface area contributed by atoms with Gasteiger partial charge in [-0.25, -0.2) is 9.00 Å². The second kappa shape index (κ2) is 8.13. The van der Waals surface area contributed by atoms with E-state index in [1.165, 1.54) is 6.07 Å². The molecule has 160 valence electrons. The van der Waals surface area contributed by atoms with Gasteiger partial charge in [0.25, 0.3) is 0 Å². The standard InChI is InChI=1S/C18H19F3O7S/c1-17(2)7-10-5-9(6-12(23)26-3)14(16(24)27-4)15(13(10)11(22)8-17)28-29(25)18(19,20)21/h5H,6-8H2,1-4H3. The van der Waals surface area contributed by atoms with Crippen LogP contribution in [0.3, 0.4) is 0 Å². The van der Waals surface area contributed by atoms with Gasteiger partial charge in [-0.1, -0.05) is 19.9 Å². The summed E-state index contributed by atoms with van der Waals surface area (Å²) in [6, 6.07) is 1.38. The van der Waals surface area contributed by atoms with Gasteiger partial charge in [-0.05, 0) is 23.0 Å². The third-order valence-corrected chi connectivity index (χ3v) is 5.03. The molecule has 0 N–H and O–H groups in total. The number of ether oxygens (including phenoxy) is 2. The van der Waals surface area contributed by atoms with E-state index in [2.05, 4.69) is 13.7 Å². The molecule has 0 saturated carbocycles. The van der Waals surface area contributed by atoms with E-state index in [1.54, 1.807) is 13.8 Å². The van der Waals surface area contributed by atoms with Crippen LogP contribution in [-0.2, 0) is 38.2 Å². The van der Waals surface area contributed by atoms with Crippen LogP contribution in [0.5, 0.6) is 5.75 Å². The van der Waals surface area contributed by atoms with Crippen LogP contribution in [0, 0.1) is 5.41 Å². The summed E-state index contributed by atoms with van der Waals surface area (Å²) in [5.41, 5.74) is -6.37. The zero-order chi connectivity index (χ0) is 22.1. The summed E-state index contributed by atoms with van der Waals surface area (Å²) >= 11 is -3.85. The molecule has 0 amide bonds. The van der Waals surface area contributed by atoms with Crippen molar-refractivity contribution in [3.05, 3.63) is 28.3 Å². The Bertz CT molecular complexity index is 890. The first-order valence-corrected chi connectivity index (χ1v) is 9.42. The zero-order valence-electron chi connectivity index (χ0n) is 16.1. The molecule has 29 heavy (non-hydrogen) atoms. The van der Waals surface area contributed by atoms with E-state index in [4.69, 9.17) is 0 Å². The molecule has 1 aromatic carbocycles. The van der Waals surface area contributed by atoms with Gasteiger partial charge >= 0.3 is 28.5 Å². The molecular weight excluding hydrogens is 417 g/mol. The lowest BCUT2D eigenvalue weighted by Crippen LogP contribution is -2.30. The molecule has 11 heteroatoms. The van der Waals surface area contributed by atoms with E-state index in [9.17, 15) is 31.8 Å². The van der Waals surface area contributed by atoms with Crippen molar-refractivity contribution in [3.8, 4) is 5.75 Å². The van der Waals surface area contributed by atoms with Crippen LogP contribution in [0.25, 0.3) is 0 Å². The number of rotatable bonds is 5. The molecule has 0 aromatic heterocycles. The summed E-state index contributed by atoms with van der Waals surface area (Å²) in [4.78, 5) is 36.8. The molecule has 1 aliphatic rings. The Morgan fingerprint density at radius 3 is 2.31 bits per heavy atom. The van der Waals surface area contributed by atoms with Crippen molar-refractivity contribution >= 4 is 28.8 Å². The van der Waals surface area contributed by atoms with Crippen molar-refractivity contribution in [2.24, 2.45) is 5.41 Å². The molecular formula is C18H19F3O7S. The van der Waals surface area contributed by atoms with Crippen LogP contribution >= 0.6 is 0 Å². The van der Waals surface area contributed by atoms with E-state index in [0.717, 1.165) is 14.2 Å². The lowest BCUT2D eigenvalue weighted by atomic mass is 9.72. The van der Waals surface area contributed by atoms with Gasteiger partial charge in [0.1, 0.15) is 5.56 Å². The number of esters is 2. The fraction of sp³-hybridized carbons (Fsp3) is 0.500. The van der Waals surface area contributed by atoms with Crippen molar-refractivity contribution in [1.82, 2.24) is 0 Å². The van der Waals surface area contributed by atoms with Crippen molar-refractivity contribution < 1.29 is 45.4 Å². The maximum atomic E-state index is 12.9. The van der Waals surface area contributed by atoms with Gasteiger partial charge in [-0.3, -0.25) is 9.59 Å². The fourth-order valence-corrected chi connectivity index (χ4v) is 3.63. The topological polar surface area (TPSA) is 96.0 Å². The summed E-state index contributed by atoms with van der Waals surface area (Å²) in [5.74, 6) is -3.29. The average Bonchev–Trinajstić information content (AvgIpc) is 2.58. The molecule has 1 aromatic rings. The molecule has 2 rings (SSSR count). The quantitative estimate of drug-likeness (QED) is 0.655. The SMILES string of the molecule is COC(=O)Cc1cc2c(c(OS(=O)C(F)(F)F)c1C(=O)OC)C(=O)CC(C)(C)C2. The first kappa shape index (κ1) is 22.9. The molecule has 1 atom stereocenters. The van der Waals surface area contributed by atoms with Gasteiger partial charge < -0.3 is 13.7 Å². The molecule has 1 unspecified atom stereocenters. The summed E-state index contributed by atoms with van der Waals surface area (Å²) in [6.45, 7) is 3.58. The number of carbonyl (C=O) groups excluding carboxylic acids is 3. The van der Waals surface area contributed by atoms with Gasteiger partial charge in [0.2, 0.25) is 0 Å². The maximum Gasteiger partial charge on any atom is 0.508 e. The largest absolute Gasteiger partial charge is 0.508 e. The van der Waals surface area contributed by atoms with E-state index in [1.807, 2.05) is 0 Å². The van der Waals surface area contributed by atoms with Crippen LogP contribution in [0.15, 0.2) is 6.07 Å². The number of carbonyl (C=O) groups is 3. The average molecular weight is 436 g/mol. The number of fused-ring (bicyclic) bond motifs is 1. The third kappa shape index (κ3) is 4.95. The van der Waals surface area contributed by atoms with Crippen LogP contribution in [0.4, 0.5) is 13.2 Å². The molecule has 7 nitrogen and oxygen atoms in total. The second-order valence-electron chi connectivity index (χ2n) is 7.22. The number of halogens is 3. The first-order chi connectivity index (χ1) is 13.3. The van der Waals surface area contributed by atoms with Crippen LogP contribution < -0.4 is 4.18 Å². The zero-order valence-corrected chi connectivity index (χ0v) is 16.9. The molecule has 0 heterocycles. The Morgan fingerprint density at radius 2 is 1.79 bits per heavy atom. The molecule has 1 aliphatic carbocycles. The predicted molar refractivity (Wildman–Crippen MR) is 94.8 cm³/mol. The molecule has 0 spiro atoms. The number of ketones is 1. The minimum Gasteiger partial charge on any atom is -0.469 e. The Hall–Kier alpha value is -2.43. The maximum absolute atomic E-state index is 12.9. The summed E-state index contributed by atoms with van der Waals surface area (Å²) in [6.07, 6.45) is -0.247. The number of Topliss-reactive ketones (excluding diaryl/α,β-unsaturated/α-hetero) is 1. The van der Waals surface area contributed by atoms with Gasteiger partial charge in [0.15, 0.2) is 11.5 Å². The van der Waals surface area contributed by atoms with Crippen molar-refractivity contribution in [2.45, 2.75) is 38.6 Å². The summed E-state index contributed by atoms with van der Waals surface area (Å²) in [5, 5.41) is 0. The minimum atomic E-state index is -5.25. The molecule has 0 saturated heterocycles. The molecule has 0 aliphatic heterocycles. The highest BCUT2D eigenvalue weighted by atomic mass is 32.2. The normalized spacial score (nSPS) is 16.6. The number of methoxy groups -OCH3 is 2. The third-order valence-electron chi connectivity index (χ3n) is 4.33. The minimum absolute atomic E-state index is 0.0219. The Morgan fingerprint density at radius 1 is 1.17 bits per heavy atom. The highest BCUT2D eigenvalue weighted by Gasteiger charge is 2.43. The van der Waals surface area contributed by atoms with Gasteiger partial charge in [0.05, 0.1) is 26.2 Å². The Balaban J connectivity index is 2.82. The first-order valence-electron chi connectivity index (χ1n) is 8.34. The smallest absolute Gasteiger partial charge is 0.469 e. The van der Waals surface area contributed by atoms with E-state index >= 15 is 0 Å². The predicted octanol–water partition coefficient (Wildman–Crippen LogP) is 2.91. The van der Waals surface area contributed by atoms with Crippen molar-refractivity contribution in [3.63, 3.8) is 0 Å². The van der Waals surface area contributed by atoms with E-state index in [0.29, 0.717) is 0 Å². The monoisotopic (exact) mass is 436 g/mol. The van der Waals surface area contributed by atoms with Gasteiger partial charge in [-0.2, -0.15) is 13.2 Å². The highest BCUT2D eigenvalue weighted by Crippen LogP contribution is 2.43. The Labute approximate surface area is 167 Å². The number of hydrogen-bond acceptors (Lipinski definition) is 7. The second-order valence-corrected chi connectivity index (χ2v) is 8.32. The lowest BCUT2D eigenvalue weighted by Gasteiger charge is -2.32. The van der Waals surface area contributed by atoms with Crippen LogP contribution in [0.2, 0.25) is 0 Å². The lowest BCUT2D eigenvalue weighted by molar-refractivity contribution is -0.139. The van der Waals surface area contributed by atoms with Gasteiger partial charge in [0, 0.05) is 6.42 Å². The number of alkyl halides is 3. The van der Waals surface area contributed by atoms with E-state index in [-0.39, 0.29) is 29.5 Å². The van der Waals surface area contributed by atoms with Crippen LogP contribution in [-0.4, -0.2) is 41.7 Å². The van der Waals surface area contributed by atoms with E-state index < -0.39 is 57.5 Å². The highest BCUT2D eigenvalue weighted by molar-refractivity contribution is 7.81. The molecule has 0 bridgehead atoms. The Kier molecular flexibility index (Phi) is 6.41. The van der Waals surface area contributed by atoms with Crippen molar-refractivity contribution in [2.75, 3.05) is 14.2 Å².